The van der Waals surface area contributed by atoms with Crippen molar-refractivity contribution in [3.05, 3.63) is 12.2 Å². The topological polar surface area (TPSA) is 78.9 Å². The molecule has 0 amide bonds. The van der Waals surface area contributed by atoms with Gasteiger partial charge in [0.15, 0.2) is 6.10 Å². The molecule has 0 aromatic rings. The molecule has 0 heterocycles. The molecule has 73 heavy (non-hydrogen) atoms. The molecule has 0 aromatic heterocycles. The van der Waals surface area contributed by atoms with E-state index in [1.807, 2.05) is 0 Å². The average Bonchev–Trinajstić information content (AvgIpc) is 3.39. The van der Waals surface area contributed by atoms with Gasteiger partial charge in [0.2, 0.25) is 0 Å². The van der Waals surface area contributed by atoms with Gasteiger partial charge < -0.3 is 14.2 Å². The summed E-state index contributed by atoms with van der Waals surface area (Å²) in [7, 11) is 0. The zero-order chi connectivity index (χ0) is 52.9. The zero-order valence-corrected chi connectivity index (χ0v) is 49.7. The Morgan fingerprint density at radius 1 is 0.260 bits per heavy atom. The van der Waals surface area contributed by atoms with Gasteiger partial charge in [0, 0.05) is 19.3 Å². The lowest BCUT2D eigenvalue weighted by Crippen LogP contribution is -2.30. The maximum absolute atomic E-state index is 12.9. The summed E-state index contributed by atoms with van der Waals surface area (Å²) in [4.78, 5) is 38.2. The lowest BCUT2D eigenvalue weighted by atomic mass is 10.0. The monoisotopic (exact) mass is 1030 g/mol. The first-order valence-electron chi connectivity index (χ1n) is 33.2. The Labute approximate surface area is 456 Å². The smallest absolute Gasteiger partial charge is 0.306 e. The van der Waals surface area contributed by atoms with Crippen molar-refractivity contribution in [2.75, 3.05) is 13.2 Å². The van der Waals surface area contributed by atoms with Crippen LogP contribution < -0.4 is 0 Å². The lowest BCUT2D eigenvalue weighted by Gasteiger charge is -2.18. The molecular weight excluding hydrogens is 901 g/mol. The van der Waals surface area contributed by atoms with E-state index in [2.05, 4.69) is 32.9 Å². The van der Waals surface area contributed by atoms with E-state index >= 15 is 0 Å². The second kappa shape index (κ2) is 62.7. The molecular formula is C67H128O6. The quantitative estimate of drug-likeness (QED) is 0.0261. The number of hydrogen-bond acceptors (Lipinski definition) is 6. The first-order chi connectivity index (χ1) is 36.0. The molecule has 0 aliphatic heterocycles. The molecule has 432 valence electrons. The van der Waals surface area contributed by atoms with Crippen LogP contribution in [0.4, 0.5) is 0 Å². The third-order valence-electron chi connectivity index (χ3n) is 15.3. The molecule has 6 nitrogen and oxygen atoms in total. The highest BCUT2D eigenvalue weighted by Gasteiger charge is 2.19. The van der Waals surface area contributed by atoms with E-state index in [9.17, 15) is 14.4 Å². The maximum atomic E-state index is 12.9. The van der Waals surface area contributed by atoms with Crippen molar-refractivity contribution < 1.29 is 28.6 Å². The molecule has 0 fully saturated rings. The van der Waals surface area contributed by atoms with E-state index < -0.39 is 6.10 Å². The van der Waals surface area contributed by atoms with E-state index in [0.29, 0.717) is 19.3 Å². The number of carbonyl (C=O) groups is 3. The summed E-state index contributed by atoms with van der Waals surface area (Å²) in [5.41, 5.74) is 0. The van der Waals surface area contributed by atoms with E-state index in [1.54, 1.807) is 0 Å². The Morgan fingerprint density at radius 2 is 0.452 bits per heavy atom. The van der Waals surface area contributed by atoms with Crippen molar-refractivity contribution in [3.63, 3.8) is 0 Å². The van der Waals surface area contributed by atoms with Crippen molar-refractivity contribution in [2.24, 2.45) is 0 Å². The average molecular weight is 1030 g/mol. The van der Waals surface area contributed by atoms with E-state index in [-0.39, 0.29) is 31.1 Å². The highest BCUT2D eigenvalue weighted by molar-refractivity contribution is 5.71. The molecule has 0 radical (unpaired) electrons. The normalized spacial score (nSPS) is 12.0. The third kappa shape index (κ3) is 60.9. The van der Waals surface area contributed by atoms with Gasteiger partial charge in [-0.2, -0.15) is 0 Å². The molecule has 0 spiro atoms. The predicted octanol–water partition coefficient (Wildman–Crippen LogP) is 22.4. The molecule has 0 aliphatic rings. The highest BCUT2D eigenvalue weighted by Crippen LogP contribution is 2.18. The van der Waals surface area contributed by atoms with Gasteiger partial charge in [-0.05, 0) is 44.9 Å². The SMILES string of the molecule is CCCCCCCCCC/C=C\CCCCCCCCCCCCCCCC(=O)OCC(COC(=O)CCCCCCCCCC)OC(=O)CCCCCCCCCCCCCCCCCCCCCCCC. The summed E-state index contributed by atoms with van der Waals surface area (Å²) >= 11 is 0. The van der Waals surface area contributed by atoms with Crippen LogP contribution in [-0.2, 0) is 28.6 Å². The molecule has 6 heteroatoms. The Balaban J connectivity index is 4.09. The lowest BCUT2D eigenvalue weighted by molar-refractivity contribution is -0.167. The number of esters is 3. The summed E-state index contributed by atoms with van der Waals surface area (Å²) in [5, 5.41) is 0. The van der Waals surface area contributed by atoms with Crippen molar-refractivity contribution in [2.45, 2.75) is 386 Å². The minimum absolute atomic E-state index is 0.0637. The number of allylic oxidation sites excluding steroid dienone is 2. The fraction of sp³-hybridized carbons (Fsp3) is 0.925. The molecule has 1 unspecified atom stereocenters. The summed E-state index contributed by atoms with van der Waals surface area (Å²) in [6.07, 6.45) is 73.9. The van der Waals surface area contributed by atoms with Gasteiger partial charge in [0.05, 0.1) is 0 Å². The van der Waals surface area contributed by atoms with Gasteiger partial charge >= 0.3 is 17.9 Å². The standard InChI is InChI=1S/C67H128O6/c1-4-7-10-13-16-19-21-23-25-27-29-31-33-34-35-37-38-40-42-44-46-48-51-54-57-60-66(69)72-63-64(62-71-65(68)59-56-53-50-18-15-12-9-6-3)73-67(70)61-58-55-52-49-47-45-43-41-39-36-32-30-28-26-24-22-20-17-14-11-8-5-2/h27,29,64H,4-26,28,30-63H2,1-3H3/b29-27-. The van der Waals surface area contributed by atoms with Gasteiger partial charge in [-0.25, -0.2) is 0 Å². The Kier molecular flexibility index (Phi) is 61.1. The fourth-order valence-corrected chi connectivity index (χ4v) is 10.3. The molecule has 0 rings (SSSR count). The molecule has 0 bridgehead atoms. The number of rotatable bonds is 62. The summed E-state index contributed by atoms with van der Waals surface area (Å²) in [6.45, 7) is 6.69. The van der Waals surface area contributed by atoms with Crippen LogP contribution in [-0.4, -0.2) is 37.2 Å². The maximum Gasteiger partial charge on any atom is 0.306 e. The van der Waals surface area contributed by atoms with Crippen LogP contribution in [0.1, 0.15) is 380 Å². The number of hydrogen-bond donors (Lipinski definition) is 0. The van der Waals surface area contributed by atoms with E-state index in [1.165, 1.54) is 283 Å². The number of unbranched alkanes of at least 4 members (excludes halogenated alkanes) is 49. The first kappa shape index (κ1) is 71.2. The Morgan fingerprint density at radius 3 is 0.685 bits per heavy atom. The van der Waals surface area contributed by atoms with Crippen LogP contribution in [0.2, 0.25) is 0 Å². The van der Waals surface area contributed by atoms with Crippen molar-refractivity contribution in [1.29, 1.82) is 0 Å². The van der Waals surface area contributed by atoms with Crippen molar-refractivity contribution in [1.82, 2.24) is 0 Å². The van der Waals surface area contributed by atoms with Gasteiger partial charge in [0.25, 0.3) is 0 Å². The van der Waals surface area contributed by atoms with E-state index in [0.717, 1.165) is 57.8 Å². The largest absolute Gasteiger partial charge is 0.462 e. The molecule has 0 aromatic carbocycles. The predicted molar refractivity (Wildman–Crippen MR) is 317 cm³/mol. The van der Waals surface area contributed by atoms with Gasteiger partial charge in [-0.3, -0.25) is 14.4 Å². The van der Waals surface area contributed by atoms with Crippen LogP contribution in [0.5, 0.6) is 0 Å². The van der Waals surface area contributed by atoms with Gasteiger partial charge in [-0.1, -0.05) is 328 Å². The van der Waals surface area contributed by atoms with E-state index in [4.69, 9.17) is 14.2 Å². The highest BCUT2D eigenvalue weighted by atomic mass is 16.6. The second-order valence-electron chi connectivity index (χ2n) is 22.7. The molecule has 0 saturated carbocycles. The van der Waals surface area contributed by atoms with Gasteiger partial charge in [-0.15, -0.1) is 0 Å². The molecule has 0 saturated heterocycles. The molecule has 0 aliphatic carbocycles. The molecule has 1 atom stereocenters. The Hall–Kier alpha value is -1.85. The molecule has 0 N–H and O–H groups in total. The second-order valence-corrected chi connectivity index (χ2v) is 22.7. The van der Waals surface area contributed by atoms with Crippen LogP contribution in [0.25, 0.3) is 0 Å². The third-order valence-corrected chi connectivity index (χ3v) is 15.3. The minimum Gasteiger partial charge on any atom is -0.462 e. The number of carbonyl (C=O) groups excluding carboxylic acids is 3. The van der Waals surface area contributed by atoms with Crippen LogP contribution >= 0.6 is 0 Å². The van der Waals surface area contributed by atoms with Crippen LogP contribution in [0, 0.1) is 0 Å². The first-order valence-corrected chi connectivity index (χ1v) is 33.2. The van der Waals surface area contributed by atoms with Crippen LogP contribution in [0.15, 0.2) is 12.2 Å². The Bertz CT molecular complexity index is 1130. The van der Waals surface area contributed by atoms with Gasteiger partial charge in [0.1, 0.15) is 13.2 Å². The fourth-order valence-electron chi connectivity index (χ4n) is 10.3. The van der Waals surface area contributed by atoms with Crippen molar-refractivity contribution in [3.8, 4) is 0 Å². The van der Waals surface area contributed by atoms with Crippen LogP contribution in [0.3, 0.4) is 0 Å². The number of ether oxygens (including phenoxy) is 3. The minimum atomic E-state index is -0.764. The zero-order valence-electron chi connectivity index (χ0n) is 49.7. The summed E-state index contributed by atoms with van der Waals surface area (Å²) in [5.74, 6) is -0.839. The summed E-state index contributed by atoms with van der Waals surface area (Å²) < 4.78 is 16.9. The summed E-state index contributed by atoms with van der Waals surface area (Å²) in [6, 6.07) is 0. The van der Waals surface area contributed by atoms with Crippen molar-refractivity contribution >= 4 is 17.9 Å².